The van der Waals surface area contributed by atoms with Gasteiger partial charge in [0.1, 0.15) is 0 Å². The number of nitrogens with zero attached hydrogens (tertiary/aromatic N) is 2. The molecule has 1 atom stereocenters. The van der Waals surface area contributed by atoms with Crippen molar-refractivity contribution in [3.8, 4) is 66.8 Å². The molecule has 2 nitrogen and oxygen atoms in total. The third-order valence-electron chi connectivity index (χ3n) is 23.6. The van der Waals surface area contributed by atoms with E-state index in [1.807, 2.05) is 0 Å². The van der Waals surface area contributed by atoms with Crippen molar-refractivity contribution in [3.63, 3.8) is 0 Å². The van der Waals surface area contributed by atoms with Crippen LogP contribution in [0.1, 0.15) is 44.5 Å². The Labute approximate surface area is 641 Å². The lowest BCUT2D eigenvalue weighted by molar-refractivity contribution is 0.768. The van der Waals surface area contributed by atoms with Crippen LogP contribution in [-0.2, 0) is 10.8 Å². The van der Waals surface area contributed by atoms with Gasteiger partial charge in [-0.05, 0) is 182 Å². The second-order valence-corrected chi connectivity index (χ2v) is 29.3. The Hall–Kier alpha value is -14.2. The number of anilines is 6. The normalized spacial score (nSPS) is 13.7. The van der Waals surface area contributed by atoms with Crippen molar-refractivity contribution in [1.82, 2.24) is 0 Å². The molecule has 0 heterocycles. The van der Waals surface area contributed by atoms with E-state index in [1.165, 1.54) is 121 Å². The average Bonchev–Trinajstić information content (AvgIpc) is 1.53. The first-order valence-corrected chi connectivity index (χ1v) is 38.2. The topological polar surface area (TPSA) is 6.48 Å². The molecule has 19 aromatic rings. The van der Waals surface area contributed by atoms with Crippen LogP contribution in [0.3, 0.4) is 0 Å². The number of hydrogen-bond acceptors (Lipinski definition) is 2. The number of hydrogen-bond donors (Lipinski definition) is 0. The zero-order valence-corrected chi connectivity index (χ0v) is 60.5. The Morgan fingerprint density at radius 2 is 0.509 bits per heavy atom. The van der Waals surface area contributed by atoms with Gasteiger partial charge in [-0.3, -0.25) is 0 Å². The first-order chi connectivity index (χ1) is 54.6. The van der Waals surface area contributed by atoms with Gasteiger partial charge >= 0.3 is 0 Å². The summed E-state index contributed by atoms with van der Waals surface area (Å²) >= 11 is 0. The Balaban J connectivity index is 0.690. The van der Waals surface area contributed by atoms with E-state index >= 15 is 0 Å². The van der Waals surface area contributed by atoms with Crippen molar-refractivity contribution >= 4 is 77.2 Å². The lowest BCUT2D eigenvalue weighted by Gasteiger charge is -2.35. The summed E-state index contributed by atoms with van der Waals surface area (Å²) in [5, 5.41) is 9.47. The van der Waals surface area contributed by atoms with Gasteiger partial charge in [0.2, 0.25) is 0 Å². The van der Waals surface area contributed by atoms with Crippen LogP contribution in [0.25, 0.3) is 110 Å². The first kappa shape index (κ1) is 64.2. The zero-order valence-electron chi connectivity index (χ0n) is 60.5. The lowest BCUT2D eigenvalue weighted by Crippen LogP contribution is -2.28. The van der Waals surface area contributed by atoms with Crippen molar-refractivity contribution in [1.29, 1.82) is 0 Å². The minimum atomic E-state index is -0.704. The third kappa shape index (κ3) is 10.1. The van der Waals surface area contributed by atoms with Crippen molar-refractivity contribution in [2.75, 3.05) is 9.80 Å². The van der Waals surface area contributed by atoms with E-state index in [-0.39, 0.29) is 0 Å². The van der Waals surface area contributed by atoms with Gasteiger partial charge in [-0.25, -0.2) is 0 Å². The fourth-order valence-electron chi connectivity index (χ4n) is 18.9. The summed E-state index contributed by atoms with van der Waals surface area (Å²) in [5.74, 6) is 0. The van der Waals surface area contributed by atoms with Gasteiger partial charge in [0.15, 0.2) is 0 Å². The first-order valence-electron chi connectivity index (χ1n) is 38.2. The fraction of sp³-hybridized carbons (Fsp3) is 0.0185. The van der Waals surface area contributed by atoms with Crippen molar-refractivity contribution in [2.24, 2.45) is 0 Å². The van der Waals surface area contributed by atoms with Crippen LogP contribution in [0.5, 0.6) is 0 Å². The molecule has 514 valence electrons. The molecule has 0 spiro atoms. The molecule has 0 N–H and O–H groups in total. The summed E-state index contributed by atoms with van der Waals surface area (Å²) in [6.45, 7) is 0. The maximum Gasteiger partial charge on any atom is 0.0714 e. The monoisotopic (exact) mass is 1400 g/mol. The second-order valence-electron chi connectivity index (χ2n) is 29.3. The molecule has 21 rings (SSSR count). The predicted molar refractivity (Wildman–Crippen MR) is 462 cm³/mol. The Morgan fingerprint density at radius 1 is 0.155 bits per heavy atom. The molecular weight excluding hydrogens is 1330 g/mol. The largest absolute Gasteiger partial charge is 0.309 e. The van der Waals surface area contributed by atoms with Gasteiger partial charge < -0.3 is 9.80 Å². The van der Waals surface area contributed by atoms with E-state index in [0.717, 1.165) is 67.5 Å². The molecule has 2 heteroatoms. The minimum Gasteiger partial charge on any atom is -0.309 e. The highest BCUT2D eigenvalue weighted by Crippen LogP contribution is 2.63. The molecule has 19 aromatic carbocycles. The van der Waals surface area contributed by atoms with Gasteiger partial charge in [-0.1, -0.05) is 376 Å². The van der Waals surface area contributed by atoms with E-state index in [9.17, 15) is 0 Å². The molecule has 0 aromatic heterocycles. The van der Waals surface area contributed by atoms with Crippen LogP contribution < -0.4 is 9.80 Å². The van der Waals surface area contributed by atoms with E-state index in [1.54, 1.807) is 0 Å². The summed E-state index contributed by atoms with van der Waals surface area (Å²) in [7, 11) is 0. The number of para-hydroxylation sites is 1. The van der Waals surface area contributed by atoms with E-state index < -0.39 is 10.8 Å². The van der Waals surface area contributed by atoms with Crippen LogP contribution >= 0.6 is 0 Å². The van der Waals surface area contributed by atoms with E-state index in [2.05, 4.69) is 447 Å². The lowest BCUT2D eigenvalue weighted by atomic mass is 9.67. The quantitative estimate of drug-likeness (QED) is 0.107. The van der Waals surface area contributed by atoms with Gasteiger partial charge in [0.05, 0.1) is 45.0 Å². The highest BCUT2D eigenvalue weighted by molar-refractivity contribution is 6.12. The number of rotatable bonds is 14. The Bertz CT molecular complexity index is 6750. The van der Waals surface area contributed by atoms with E-state index in [4.69, 9.17) is 0 Å². The van der Waals surface area contributed by atoms with Crippen molar-refractivity contribution < 1.29 is 0 Å². The summed E-state index contributed by atoms with van der Waals surface area (Å²) in [6.07, 6.45) is 0. The third-order valence-corrected chi connectivity index (χ3v) is 23.6. The number of fused-ring (bicyclic) bond motifs is 10. The van der Waals surface area contributed by atoms with Crippen molar-refractivity contribution in [2.45, 2.75) is 10.8 Å². The average molecular weight is 1400 g/mol. The maximum atomic E-state index is 2.56. The van der Waals surface area contributed by atoms with Gasteiger partial charge in [-0.2, -0.15) is 0 Å². The molecular formula is C108H72N2. The van der Waals surface area contributed by atoms with Crippen LogP contribution in [0.15, 0.2) is 437 Å². The summed E-state index contributed by atoms with van der Waals surface area (Å²) in [4.78, 5) is 5.11. The summed E-state index contributed by atoms with van der Waals surface area (Å²) < 4.78 is 0. The molecule has 1 unspecified atom stereocenters. The fourth-order valence-corrected chi connectivity index (χ4v) is 18.9. The van der Waals surface area contributed by atoms with E-state index in [0.29, 0.717) is 0 Å². The minimum absolute atomic E-state index is 0.571. The molecule has 0 saturated carbocycles. The molecule has 0 saturated heterocycles. The predicted octanol–water partition coefficient (Wildman–Crippen LogP) is 28.6. The molecule has 0 aliphatic heterocycles. The van der Waals surface area contributed by atoms with Crippen molar-refractivity contribution in [3.05, 3.63) is 481 Å². The Morgan fingerprint density at radius 3 is 1.09 bits per heavy atom. The second kappa shape index (κ2) is 26.4. The molecule has 110 heavy (non-hydrogen) atoms. The Kier molecular flexibility index (Phi) is 15.4. The molecule has 2 aliphatic carbocycles. The van der Waals surface area contributed by atoms with Gasteiger partial charge in [-0.15, -0.1) is 0 Å². The van der Waals surface area contributed by atoms with Crippen LogP contribution in [0, 0.1) is 0 Å². The van der Waals surface area contributed by atoms with Crippen LogP contribution in [-0.4, -0.2) is 0 Å². The van der Waals surface area contributed by atoms with Crippen LogP contribution in [0.2, 0.25) is 0 Å². The SMILES string of the molecule is c1ccc(-c2ccc(N(c3cccc4c3-c3ccccc3C4(c3ccccc3)c3cccc(-c4cccc(-c5ccc6ccc(-c7ccccc7N(c7cccc8c7-c7ccccc7C8(c7ccccc7)c7ccccc7)c7cccc8ccccc78)cc6c5)c4)c3)c3cccc4ccccc34)c3ccccc23)cc1. The maximum absolute atomic E-state index is 2.56. The molecule has 2 aliphatic rings. The summed E-state index contributed by atoms with van der Waals surface area (Å²) in [6, 6.07) is 163. The molecule has 0 amide bonds. The highest BCUT2D eigenvalue weighted by atomic mass is 15.2. The summed E-state index contributed by atoms with van der Waals surface area (Å²) in [5.41, 5.74) is 29.5. The molecule has 0 radical (unpaired) electrons. The molecule has 0 fully saturated rings. The zero-order chi connectivity index (χ0) is 72.7. The van der Waals surface area contributed by atoms with Gasteiger partial charge in [0.25, 0.3) is 0 Å². The van der Waals surface area contributed by atoms with Crippen LogP contribution in [0.4, 0.5) is 34.1 Å². The number of benzene rings is 19. The molecule has 0 bridgehead atoms. The van der Waals surface area contributed by atoms with Gasteiger partial charge in [0, 0.05) is 32.8 Å². The highest BCUT2D eigenvalue weighted by Gasteiger charge is 2.49. The standard InChI is InChI=1S/C108H72N2/c1-5-31-74(32-6-1)87-67-68-102(92-51-18-17-50-91(87)92)110(101-60-28-36-76-34-14-16-48-89(76)101)104-62-30-57-98-106(104)94-53-20-23-55-96(94)108(98,85-44-11-4-12-45-85)86-46-26-39-79(72-86)77-37-25-38-78(69-77)80-65-63-73-64-66-81(71-82(73)70-80)90-49-21-24-58-99(90)109(100-59-27-35-75-33-13-15-47-88(75)100)103-61-29-56-97-105(103)93-52-19-22-54-95(93)107(97,83-40-7-2-8-41-83)84-42-9-3-10-43-84/h1-72H. The smallest absolute Gasteiger partial charge is 0.0714 e.